The Hall–Kier alpha value is -3.20. The maximum atomic E-state index is 4.59. The number of fused-ring (bicyclic) bond motifs is 6. The van der Waals surface area contributed by atoms with E-state index >= 15 is 0 Å². The van der Waals surface area contributed by atoms with Crippen molar-refractivity contribution in [1.29, 1.82) is 0 Å². The quantitative estimate of drug-likeness (QED) is 0.273. The molecule has 0 radical (unpaired) electrons. The van der Waals surface area contributed by atoms with Gasteiger partial charge in [-0.05, 0) is 39.6 Å². The number of hydrogen-bond acceptors (Lipinski definition) is 2. The highest BCUT2D eigenvalue weighted by Crippen LogP contribution is 2.35. The summed E-state index contributed by atoms with van der Waals surface area (Å²) in [5.41, 5.74) is 5.94. The van der Waals surface area contributed by atoms with Gasteiger partial charge in [0.05, 0.1) is 5.52 Å². The molecule has 5 aromatic rings. The molecule has 0 spiro atoms. The molecule has 0 saturated heterocycles. The van der Waals surface area contributed by atoms with Gasteiger partial charge in [-0.3, -0.25) is 4.40 Å². The van der Waals surface area contributed by atoms with Crippen LogP contribution in [0, 0.1) is 0 Å². The normalized spacial score (nSPS) is 12.8. The number of rotatable bonds is 1. The van der Waals surface area contributed by atoms with E-state index < -0.39 is 0 Å². The van der Waals surface area contributed by atoms with E-state index in [1.165, 1.54) is 27.5 Å². The first kappa shape index (κ1) is 19.7. The molecule has 3 heteroatoms. The van der Waals surface area contributed by atoms with Gasteiger partial charge in [0, 0.05) is 16.2 Å². The van der Waals surface area contributed by atoms with Crippen molar-refractivity contribution >= 4 is 27.3 Å². The summed E-state index contributed by atoms with van der Waals surface area (Å²) < 4.78 is 2.24. The summed E-state index contributed by atoms with van der Waals surface area (Å²) in [4.78, 5) is 0. The second kappa shape index (κ2) is 6.65. The lowest BCUT2D eigenvalue weighted by Gasteiger charge is -2.19. The third kappa shape index (κ3) is 3.20. The van der Waals surface area contributed by atoms with E-state index in [0.29, 0.717) is 0 Å². The zero-order chi connectivity index (χ0) is 22.0. The van der Waals surface area contributed by atoms with Crippen molar-refractivity contribution < 1.29 is 0 Å². The van der Waals surface area contributed by atoms with Crippen molar-refractivity contribution in [2.24, 2.45) is 0 Å². The molecule has 0 atom stereocenters. The highest BCUT2D eigenvalue weighted by Gasteiger charge is 2.24. The number of benzene rings is 3. The lowest BCUT2D eigenvalue weighted by molar-refractivity contribution is 0.541. The highest BCUT2D eigenvalue weighted by atomic mass is 15.3. The van der Waals surface area contributed by atoms with E-state index in [-0.39, 0.29) is 10.8 Å². The zero-order valence-electron chi connectivity index (χ0n) is 19.2. The van der Waals surface area contributed by atoms with Gasteiger partial charge in [-0.15, -0.1) is 10.2 Å². The van der Waals surface area contributed by atoms with Crippen molar-refractivity contribution in [2.75, 3.05) is 0 Å². The molecule has 2 heterocycles. The Balaban J connectivity index is 1.81. The van der Waals surface area contributed by atoms with Gasteiger partial charge in [0.2, 0.25) is 0 Å². The molecule has 156 valence electrons. The first-order valence-electron chi connectivity index (χ1n) is 11.0. The maximum absolute atomic E-state index is 4.59. The van der Waals surface area contributed by atoms with Crippen LogP contribution in [0.1, 0.15) is 52.9 Å². The maximum Gasteiger partial charge on any atom is 0.169 e. The molecule has 0 aliphatic carbocycles. The fraction of sp³-hybridized carbons (Fsp3) is 0.286. The van der Waals surface area contributed by atoms with Gasteiger partial charge in [0.15, 0.2) is 5.65 Å². The van der Waals surface area contributed by atoms with Crippen LogP contribution < -0.4 is 0 Å². The van der Waals surface area contributed by atoms with Crippen molar-refractivity contribution in [2.45, 2.75) is 52.4 Å². The average molecular weight is 408 g/mol. The van der Waals surface area contributed by atoms with Gasteiger partial charge in [-0.1, -0.05) is 96.1 Å². The summed E-state index contributed by atoms with van der Waals surface area (Å²) in [7, 11) is 0. The second-order valence-corrected chi connectivity index (χ2v) is 10.5. The van der Waals surface area contributed by atoms with E-state index in [1.807, 2.05) is 0 Å². The van der Waals surface area contributed by atoms with Crippen LogP contribution in [0.25, 0.3) is 38.4 Å². The fourth-order valence-corrected chi connectivity index (χ4v) is 4.37. The Labute approximate surface area is 183 Å². The second-order valence-electron chi connectivity index (χ2n) is 10.5. The lowest BCUT2D eigenvalue weighted by atomic mass is 9.86. The standard InChI is InChI=1S/C28H29N3/c1-27(2,3)20-14-11-18(12-15-20)19-13-16-24-23(17-19)21-9-7-8-10-22(21)25-29-30-26(31(24)25)28(4,5)6/h7-17H,1-6H3. The van der Waals surface area contributed by atoms with Gasteiger partial charge in [0.25, 0.3) is 0 Å². The predicted molar refractivity (Wildman–Crippen MR) is 131 cm³/mol. The lowest BCUT2D eigenvalue weighted by Crippen LogP contribution is -2.16. The third-order valence-corrected chi connectivity index (χ3v) is 6.11. The number of pyridine rings is 1. The average Bonchev–Trinajstić information content (AvgIpc) is 3.19. The summed E-state index contributed by atoms with van der Waals surface area (Å²) in [6, 6.07) is 24.2. The molecule has 0 saturated carbocycles. The number of nitrogens with zero attached hydrogens (tertiary/aromatic N) is 3. The topological polar surface area (TPSA) is 30.2 Å². The Bertz CT molecular complexity index is 1430. The van der Waals surface area contributed by atoms with Crippen LogP contribution in [0.4, 0.5) is 0 Å². The highest BCUT2D eigenvalue weighted by molar-refractivity contribution is 6.12. The molecule has 2 aromatic heterocycles. The van der Waals surface area contributed by atoms with Gasteiger partial charge >= 0.3 is 0 Å². The summed E-state index contributed by atoms with van der Waals surface area (Å²) in [5.74, 6) is 0.987. The first-order chi connectivity index (χ1) is 14.6. The minimum Gasteiger partial charge on any atom is -0.278 e. The molecule has 0 amide bonds. The molecule has 0 aliphatic rings. The minimum absolute atomic E-state index is 0.101. The van der Waals surface area contributed by atoms with Crippen LogP contribution in [0.2, 0.25) is 0 Å². The molecule has 0 bridgehead atoms. The van der Waals surface area contributed by atoms with Crippen LogP contribution >= 0.6 is 0 Å². The van der Waals surface area contributed by atoms with E-state index in [2.05, 4.69) is 123 Å². The molecule has 0 aliphatic heterocycles. The molecular formula is C28H29N3. The largest absolute Gasteiger partial charge is 0.278 e. The van der Waals surface area contributed by atoms with Gasteiger partial charge < -0.3 is 0 Å². The van der Waals surface area contributed by atoms with Crippen LogP contribution in [-0.2, 0) is 10.8 Å². The van der Waals surface area contributed by atoms with Crippen molar-refractivity contribution in [3.8, 4) is 11.1 Å². The monoisotopic (exact) mass is 407 g/mol. The van der Waals surface area contributed by atoms with Crippen LogP contribution in [0.15, 0.2) is 66.7 Å². The molecule has 3 aromatic carbocycles. The van der Waals surface area contributed by atoms with Gasteiger partial charge in [-0.25, -0.2) is 0 Å². The molecule has 5 rings (SSSR count). The predicted octanol–water partition coefficient (Wildman–Crippen LogP) is 7.30. The fourth-order valence-electron chi connectivity index (χ4n) is 4.37. The molecule has 0 fully saturated rings. The van der Waals surface area contributed by atoms with Gasteiger partial charge in [-0.2, -0.15) is 0 Å². The molecule has 3 nitrogen and oxygen atoms in total. The summed E-state index contributed by atoms with van der Waals surface area (Å²) >= 11 is 0. The van der Waals surface area contributed by atoms with Crippen molar-refractivity contribution in [3.63, 3.8) is 0 Å². The molecular weight excluding hydrogens is 378 g/mol. The Morgan fingerprint density at radius 1 is 0.613 bits per heavy atom. The van der Waals surface area contributed by atoms with Crippen LogP contribution in [-0.4, -0.2) is 14.6 Å². The van der Waals surface area contributed by atoms with Crippen LogP contribution in [0.5, 0.6) is 0 Å². The van der Waals surface area contributed by atoms with E-state index in [1.54, 1.807) is 0 Å². The molecule has 0 N–H and O–H groups in total. The summed E-state index contributed by atoms with van der Waals surface area (Å²) in [5, 5.41) is 12.8. The Morgan fingerprint density at radius 2 is 1.26 bits per heavy atom. The Morgan fingerprint density at radius 3 is 1.90 bits per heavy atom. The third-order valence-electron chi connectivity index (χ3n) is 6.11. The number of aromatic nitrogens is 3. The SMILES string of the molecule is CC(C)(C)c1ccc(-c2ccc3c(c2)c2ccccc2c2nnc(C(C)(C)C)n32)cc1. The van der Waals surface area contributed by atoms with Crippen molar-refractivity contribution in [1.82, 2.24) is 14.6 Å². The van der Waals surface area contributed by atoms with E-state index in [9.17, 15) is 0 Å². The summed E-state index contributed by atoms with van der Waals surface area (Å²) in [6.45, 7) is 13.3. The van der Waals surface area contributed by atoms with Crippen molar-refractivity contribution in [3.05, 3.63) is 78.1 Å². The Kier molecular flexibility index (Phi) is 4.23. The molecule has 31 heavy (non-hydrogen) atoms. The van der Waals surface area contributed by atoms with E-state index in [4.69, 9.17) is 0 Å². The summed E-state index contributed by atoms with van der Waals surface area (Å²) in [6.07, 6.45) is 0. The van der Waals surface area contributed by atoms with Crippen LogP contribution in [0.3, 0.4) is 0 Å². The smallest absolute Gasteiger partial charge is 0.169 e. The number of hydrogen-bond donors (Lipinski definition) is 0. The molecule has 0 unspecified atom stereocenters. The zero-order valence-corrected chi connectivity index (χ0v) is 19.2. The first-order valence-corrected chi connectivity index (χ1v) is 11.0. The minimum atomic E-state index is -0.101. The van der Waals surface area contributed by atoms with Gasteiger partial charge in [0.1, 0.15) is 5.82 Å². The van der Waals surface area contributed by atoms with E-state index in [0.717, 1.165) is 22.4 Å².